The number of rotatable bonds is 5. The molecule has 1 fully saturated rings. The highest BCUT2D eigenvalue weighted by molar-refractivity contribution is 5.46. The number of nitrogens with zero attached hydrogens (tertiary/aromatic N) is 1. The average molecular weight is 344 g/mol. The van der Waals surface area contributed by atoms with Gasteiger partial charge in [-0.15, -0.1) is 0 Å². The molecule has 1 aliphatic heterocycles. The van der Waals surface area contributed by atoms with Crippen LogP contribution in [0.5, 0.6) is 11.5 Å². The first-order chi connectivity index (χ1) is 12.9. The molecule has 131 valence electrons. The summed E-state index contributed by atoms with van der Waals surface area (Å²) in [5, 5.41) is 0. The van der Waals surface area contributed by atoms with Crippen molar-refractivity contribution in [1.82, 2.24) is 0 Å². The van der Waals surface area contributed by atoms with Crippen molar-refractivity contribution in [3.05, 3.63) is 91.0 Å². The molecule has 0 saturated carbocycles. The van der Waals surface area contributed by atoms with Crippen molar-refractivity contribution in [2.45, 2.75) is 18.6 Å². The summed E-state index contributed by atoms with van der Waals surface area (Å²) in [5.41, 5.74) is 1.20. The van der Waals surface area contributed by atoms with Crippen LogP contribution in [-0.2, 0) is 0 Å². The van der Waals surface area contributed by atoms with E-state index in [4.69, 9.17) is 9.47 Å². The zero-order chi connectivity index (χ0) is 17.6. The van der Waals surface area contributed by atoms with Crippen LogP contribution in [0.3, 0.4) is 0 Å². The van der Waals surface area contributed by atoms with Gasteiger partial charge in [0.1, 0.15) is 17.6 Å². The Balaban J connectivity index is 1.53. The van der Waals surface area contributed by atoms with E-state index in [0.29, 0.717) is 0 Å². The van der Waals surface area contributed by atoms with Crippen molar-refractivity contribution in [3.63, 3.8) is 0 Å². The van der Waals surface area contributed by atoms with Gasteiger partial charge in [-0.1, -0.05) is 48.5 Å². The van der Waals surface area contributed by atoms with E-state index in [-0.39, 0.29) is 12.2 Å². The van der Waals surface area contributed by atoms with Gasteiger partial charge in [-0.05, 0) is 42.5 Å². The topological polar surface area (TPSA) is 21.7 Å². The molecule has 3 aromatic rings. The highest BCUT2D eigenvalue weighted by Gasteiger charge is 2.32. The maximum atomic E-state index is 6.32. The largest absolute Gasteiger partial charge is 0.486 e. The molecule has 1 radical (unpaired) electrons. The molecule has 1 saturated heterocycles. The summed E-state index contributed by atoms with van der Waals surface area (Å²) in [6.07, 6.45) is 0.880. The monoisotopic (exact) mass is 344 g/mol. The minimum Gasteiger partial charge on any atom is -0.486 e. The molecule has 2 atom stereocenters. The second kappa shape index (κ2) is 7.96. The lowest BCUT2D eigenvalue weighted by atomic mass is 10.0. The van der Waals surface area contributed by atoms with Gasteiger partial charge >= 0.3 is 0 Å². The van der Waals surface area contributed by atoms with Crippen LogP contribution < -0.4 is 14.4 Å². The van der Waals surface area contributed by atoms with Crippen molar-refractivity contribution in [2.24, 2.45) is 0 Å². The Morgan fingerprint density at radius 3 is 1.92 bits per heavy atom. The molecule has 3 heteroatoms. The number of ether oxygens (including phenoxy) is 2. The van der Waals surface area contributed by atoms with Crippen LogP contribution in [0.4, 0.5) is 5.69 Å². The Morgan fingerprint density at radius 2 is 1.31 bits per heavy atom. The maximum absolute atomic E-state index is 6.32. The number of anilines is 1. The molecule has 26 heavy (non-hydrogen) atoms. The van der Waals surface area contributed by atoms with E-state index in [1.165, 1.54) is 5.69 Å². The van der Waals surface area contributed by atoms with Gasteiger partial charge in [-0.25, -0.2) is 0 Å². The quantitative estimate of drug-likeness (QED) is 0.675. The van der Waals surface area contributed by atoms with Gasteiger partial charge in [-0.2, -0.15) is 0 Å². The molecule has 0 aromatic heterocycles. The van der Waals surface area contributed by atoms with Gasteiger partial charge in [0.25, 0.3) is 0 Å². The lowest BCUT2D eigenvalue weighted by Gasteiger charge is -2.39. The molecule has 0 bridgehead atoms. The summed E-state index contributed by atoms with van der Waals surface area (Å²) in [4.78, 5) is 2.35. The third kappa shape index (κ3) is 3.99. The number of piperidine rings is 1. The molecule has 3 aromatic carbocycles. The zero-order valence-electron chi connectivity index (χ0n) is 14.6. The van der Waals surface area contributed by atoms with Crippen molar-refractivity contribution in [1.29, 1.82) is 0 Å². The van der Waals surface area contributed by atoms with Gasteiger partial charge in [0.2, 0.25) is 0 Å². The van der Waals surface area contributed by atoms with Crippen LogP contribution in [0.25, 0.3) is 0 Å². The van der Waals surface area contributed by atoms with E-state index in [2.05, 4.69) is 23.1 Å². The summed E-state index contributed by atoms with van der Waals surface area (Å²) in [6, 6.07) is 31.2. The predicted octanol–water partition coefficient (Wildman–Crippen LogP) is 4.59. The molecule has 1 heterocycles. The van der Waals surface area contributed by atoms with Crippen molar-refractivity contribution in [2.75, 3.05) is 18.0 Å². The van der Waals surface area contributed by atoms with E-state index in [9.17, 15) is 0 Å². The van der Waals surface area contributed by atoms with Crippen molar-refractivity contribution in [3.8, 4) is 11.5 Å². The molecule has 2 unspecified atom stereocenters. The molecule has 4 rings (SSSR count). The third-order valence-electron chi connectivity index (χ3n) is 4.63. The van der Waals surface area contributed by atoms with Crippen molar-refractivity contribution >= 4 is 5.69 Å². The van der Waals surface area contributed by atoms with Crippen LogP contribution in [0.2, 0.25) is 0 Å². The Kier molecular flexibility index (Phi) is 5.06. The highest BCUT2D eigenvalue weighted by atomic mass is 16.5. The fraction of sp³-hybridized carbons (Fsp3) is 0.217. The Morgan fingerprint density at radius 1 is 0.731 bits per heavy atom. The minimum atomic E-state index is -0.0458. The first-order valence-corrected chi connectivity index (χ1v) is 9.03. The fourth-order valence-corrected chi connectivity index (χ4v) is 3.31. The van der Waals surface area contributed by atoms with Gasteiger partial charge in [-0.3, -0.25) is 0 Å². The summed E-state index contributed by atoms with van der Waals surface area (Å²) in [5.74, 6) is 1.77. The molecule has 0 amide bonds. The lowest BCUT2D eigenvalue weighted by Crippen LogP contribution is -2.52. The number of benzene rings is 3. The summed E-state index contributed by atoms with van der Waals surface area (Å²) >= 11 is 0. The Bertz CT molecular complexity index is 792. The average Bonchev–Trinajstić information content (AvgIpc) is 2.71. The maximum Gasteiger partial charge on any atom is 0.153 e. The number of hydrogen-bond acceptors (Lipinski definition) is 3. The molecular weight excluding hydrogens is 322 g/mol. The SMILES string of the molecule is [c]1ccc(N2CCC(Oc3ccccc3)C(Oc3ccccc3)C2)cc1. The van der Waals surface area contributed by atoms with Crippen LogP contribution in [0.15, 0.2) is 84.9 Å². The number of hydrogen-bond donors (Lipinski definition) is 0. The summed E-state index contributed by atoms with van der Waals surface area (Å²) < 4.78 is 12.6. The minimum absolute atomic E-state index is 0.0177. The predicted molar refractivity (Wildman–Crippen MR) is 104 cm³/mol. The molecule has 0 aliphatic carbocycles. The third-order valence-corrected chi connectivity index (χ3v) is 4.63. The van der Waals surface area contributed by atoms with Crippen LogP contribution in [0.1, 0.15) is 6.42 Å². The van der Waals surface area contributed by atoms with Crippen LogP contribution in [0, 0.1) is 6.07 Å². The zero-order valence-corrected chi connectivity index (χ0v) is 14.6. The van der Waals surface area contributed by atoms with Gasteiger partial charge < -0.3 is 14.4 Å². The van der Waals surface area contributed by atoms with Crippen LogP contribution in [-0.4, -0.2) is 25.3 Å². The lowest BCUT2D eigenvalue weighted by molar-refractivity contribution is 0.0405. The fourth-order valence-electron chi connectivity index (χ4n) is 3.31. The highest BCUT2D eigenvalue weighted by Crippen LogP contribution is 2.26. The second-order valence-corrected chi connectivity index (χ2v) is 6.43. The normalized spacial score (nSPS) is 19.8. The molecule has 0 N–H and O–H groups in total. The summed E-state index contributed by atoms with van der Waals surface area (Å²) in [7, 11) is 0. The summed E-state index contributed by atoms with van der Waals surface area (Å²) in [6.45, 7) is 1.73. The van der Waals surface area contributed by atoms with Gasteiger partial charge in [0.05, 0.1) is 6.54 Å². The smallest absolute Gasteiger partial charge is 0.153 e. The molecule has 0 spiro atoms. The number of para-hydroxylation sites is 2. The van der Waals surface area contributed by atoms with Gasteiger partial charge in [0, 0.05) is 18.7 Å². The molecule has 3 nitrogen and oxygen atoms in total. The van der Waals surface area contributed by atoms with E-state index in [0.717, 1.165) is 31.0 Å². The first-order valence-electron chi connectivity index (χ1n) is 9.03. The van der Waals surface area contributed by atoms with E-state index in [1.54, 1.807) is 0 Å². The van der Waals surface area contributed by atoms with E-state index >= 15 is 0 Å². The Labute approximate surface area is 154 Å². The molecule has 1 aliphatic rings. The molecular formula is C23H22NO2. The second-order valence-electron chi connectivity index (χ2n) is 6.43. The van der Waals surface area contributed by atoms with Crippen LogP contribution >= 0.6 is 0 Å². The standard InChI is InChI=1S/C23H22NO2/c1-4-10-19(11-5-1)24-17-16-22(25-20-12-6-2-7-13-20)23(18-24)26-21-14-8-3-9-15-21/h2-15,22-23H,16-18H2. The van der Waals surface area contributed by atoms with E-state index in [1.807, 2.05) is 72.8 Å². The van der Waals surface area contributed by atoms with Crippen molar-refractivity contribution < 1.29 is 9.47 Å². The van der Waals surface area contributed by atoms with Gasteiger partial charge in [0.15, 0.2) is 6.10 Å². The Hall–Kier alpha value is -2.94. The van der Waals surface area contributed by atoms with E-state index < -0.39 is 0 Å². The first kappa shape index (κ1) is 16.5.